The Labute approximate surface area is 93.0 Å². The van der Waals surface area contributed by atoms with Crippen molar-refractivity contribution in [1.29, 1.82) is 0 Å². The summed E-state index contributed by atoms with van der Waals surface area (Å²) < 4.78 is 5.58. The van der Waals surface area contributed by atoms with E-state index in [1.54, 1.807) is 0 Å². The third-order valence-electron chi connectivity index (χ3n) is 3.72. The summed E-state index contributed by atoms with van der Waals surface area (Å²) in [6.07, 6.45) is 11.6. The predicted octanol–water partition coefficient (Wildman–Crippen LogP) is 2.89. The Hall–Kier alpha value is -0.0800. The molecule has 2 rings (SSSR count). The molecule has 2 fully saturated rings. The molecule has 0 amide bonds. The van der Waals surface area contributed by atoms with Gasteiger partial charge in [-0.15, -0.1) is 0 Å². The molecule has 1 aliphatic carbocycles. The lowest BCUT2D eigenvalue weighted by Gasteiger charge is -2.10. The monoisotopic (exact) mass is 212 g/mol. The normalized spacial score (nSPS) is 28.2. The first-order valence-corrected chi connectivity index (χ1v) is 6.66. The van der Waals surface area contributed by atoms with Crippen LogP contribution in [-0.4, -0.2) is 23.9 Å². The summed E-state index contributed by atoms with van der Waals surface area (Å²) in [6.45, 7) is 0.977. The molecule has 88 valence electrons. The van der Waals surface area contributed by atoms with Crippen LogP contribution in [0.4, 0.5) is 0 Å². The highest BCUT2D eigenvalue weighted by Gasteiger charge is 2.28. The van der Waals surface area contributed by atoms with Crippen LogP contribution in [0.3, 0.4) is 0 Å². The van der Waals surface area contributed by atoms with Crippen LogP contribution in [0, 0.1) is 5.92 Å². The third-order valence-corrected chi connectivity index (χ3v) is 3.72. The molecular weight excluding hydrogens is 188 g/mol. The summed E-state index contributed by atoms with van der Waals surface area (Å²) in [5, 5.41) is 9.68. The maximum atomic E-state index is 9.68. The molecule has 0 aromatic heterocycles. The van der Waals surface area contributed by atoms with Gasteiger partial charge in [0.25, 0.3) is 0 Å². The van der Waals surface area contributed by atoms with Crippen molar-refractivity contribution in [2.75, 3.05) is 6.61 Å². The largest absolute Gasteiger partial charge is 0.393 e. The molecule has 2 heteroatoms. The Balaban J connectivity index is 1.41. The van der Waals surface area contributed by atoms with Crippen molar-refractivity contribution in [3.8, 4) is 0 Å². The Morgan fingerprint density at radius 3 is 2.67 bits per heavy atom. The maximum absolute atomic E-state index is 9.68. The van der Waals surface area contributed by atoms with Gasteiger partial charge < -0.3 is 9.84 Å². The van der Waals surface area contributed by atoms with Crippen LogP contribution in [0.5, 0.6) is 0 Å². The quantitative estimate of drug-likeness (QED) is 0.657. The van der Waals surface area contributed by atoms with Crippen LogP contribution >= 0.6 is 0 Å². The minimum atomic E-state index is 0.00716. The van der Waals surface area contributed by atoms with Crippen molar-refractivity contribution in [1.82, 2.24) is 0 Å². The van der Waals surface area contributed by atoms with E-state index in [1.165, 1.54) is 51.4 Å². The van der Waals surface area contributed by atoms with Crippen molar-refractivity contribution in [3.05, 3.63) is 0 Å². The Kier molecular flexibility index (Phi) is 4.45. The lowest BCUT2D eigenvalue weighted by atomic mass is 10.0. The number of unbranched alkanes of at least 4 members (excludes halogenated alkanes) is 2. The fourth-order valence-electron chi connectivity index (χ4n) is 2.49. The van der Waals surface area contributed by atoms with Gasteiger partial charge in [-0.1, -0.05) is 19.3 Å². The van der Waals surface area contributed by atoms with Gasteiger partial charge in [-0.25, -0.2) is 0 Å². The Morgan fingerprint density at radius 2 is 2.00 bits per heavy atom. The van der Waals surface area contributed by atoms with E-state index in [0.29, 0.717) is 12.0 Å². The van der Waals surface area contributed by atoms with Gasteiger partial charge >= 0.3 is 0 Å². The molecule has 1 saturated carbocycles. The van der Waals surface area contributed by atoms with Gasteiger partial charge in [0.2, 0.25) is 0 Å². The van der Waals surface area contributed by atoms with Crippen LogP contribution in [0.15, 0.2) is 0 Å². The van der Waals surface area contributed by atoms with Crippen molar-refractivity contribution < 1.29 is 9.84 Å². The molecule has 0 bridgehead atoms. The number of hydrogen-bond acceptors (Lipinski definition) is 2. The fraction of sp³-hybridized carbons (Fsp3) is 1.00. The minimum Gasteiger partial charge on any atom is -0.393 e. The highest BCUT2D eigenvalue weighted by atomic mass is 16.5. The second kappa shape index (κ2) is 5.86. The van der Waals surface area contributed by atoms with Gasteiger partial charge in [-0.05, 0) is 44.4 Å². The Bertz CT molecular complexity index is 167. The smallest absolute Gasteiger partial charge is 0.0576 e. The first-order chi connectivity index (χ1) is 7.36. The van der Waals surface area contributed by atoms with E-state index in [0.717, 1.165) is 13.0 Å². The maximum Gasteiger partial charge on any atom is 0.0576 e. The van der Waals surface area contributed by atoms with Gasteiger partial charge in [-0.3, -0.25) is 0 Å². The average Bonchev–Trinajstić information content (AvgIpc) is 2.97. The second-order valence-corrected chi connectivity index (χ2v) is 5.18. The van der Waals surface area contributed by atoms with E-state index >= 15 is 0 Å². The van der Waals surface area contributed by atoms with Gasteiger partial charge in [-0.2, -0.15) is 0 Å². The summed E-state index contributed by atoms with van der Waals surface area (Å²) in [5.74, 6) is 0.656. The molecular formula is C13H24O2. The second-order valence-electron chi connectivity index (χ2n) is 5.18. The van der Waals surface area contributed by atoms with Crippen molar-refractivity contribution in [2.24, 2.45) is 5.92 Å². The van der Waals surface area contributed by atoms with Crippen molar-refractivity contribution >= 4 is 0 Å². The highest BCUT2D eigenvalue weighted by Crippen LogP contribution is 2.34. The van der Waals surface area contributed by atoms with E-state index < -0.39 is 0 Å². The molecule has 2 aliphatic rings. The molecule has 0 radical (unpaired) electrons. The number of aliphatic hydroxyl groups excluding tert-OH is 1. The average molecular weight is 212 g/mol. The van der Waals surface area contributed by atoms with Gasteiger partial charge in [0.15, 0.2) is 0 Å². The Morgan fingerprint density at radius 1 is 1.13 bits per heavy atom. The number of ether oxygens (including phenoxy) is 1. The van der Waals surface area contributed by atoms with Crippen molar-refractivity contribution in [2.45, 2.75) is 70.0 Å². The summed E-state index contributed by atoms with van der Waals surface area (Å²) in [5.41, 5.74) is 0. The fourth-order valence-corrected chi connectivity index (χ4v) is 2.49. The molecule has 0 spiro atoms. The molecule has 0 aromatic carbocycles. The molecule has 2 atom stereocenters. The zero-order valence-corrected chi connectivity index (χ0v) is 9.66. The lowest BCUT2D eigenvalue weighted by molar-refractivity contribution is 0.101. The summed E-state index contributed by atoms with van der Waals surface area (Å²) in [6, 6.07) is 0. The first-order valence-electron chi connectivity index (χ1n) is 6.66. The summed E-state index contributed by atoms with van der Waals surface area (Å²) in [4.78, 5) is 0. The van der Waals surface area contributed by atoms with Gasteiger partial charge in [0.1, 0.15) is 0 Å². The first kappa shape index (κ1) is 11.4. The minimum absolute atomic E-state index is 0.00716. The topological polar surface area (TPSA) is 29.5 Å². The standard InChI is InChI=1S/C13H24O2/c14-13(11-8-9-11)7-3-1-2-5-12-6-4-10-15-12/h11-14H,1-10H2. The van der Waals surface area contributed by atoms with E-state index in [-0.39, 0.29) is 6.10 Å². The lowest BCUT2D eigenvalue weighted by Crippen LogP contribution is -2.09. The van der Waals surface area contributed by atoms with Crippen LogP contribution in [-0.2, 0) is 4.74 Å². The van der Waals surface area contributed by atoms with Crippen molar-refractivity contribution in [3.63, 3.8) is 0 Å². The molecule has 0 aromatic rings. The third kappa shape index (κ3) is 4.12. The number of hydrogen-bond donors (Lipinski definition) is 1. The molecule has 1 saturated heterocycles. The van der Waals surface area contributed by atoms with E-state index in [9.17, 15) is 5.11 Å². The predicted molar refractivity (Wildman–Crippen MR) is 60.8 cm³/mol. The summed E-state index contributed by atoms with van der Waals surface area (Å²) in [7, 11) is 0. The van der Waals surface area contributed by atoms with Crippen LogP contribution in [0.2, 0.25) is 0 Å². The molecule has 1 aliphatic heterocycles. The molecule has 2 unspecified atom stereocenters. The van der Waals surface area contributed by atoms with Crippen LogP contribution in [0.25, 0.3) is 0 Å². The summed E-state index contributed by atoms with van der Waals surface area (Å²) >= 11 is 0. The highest BCUT2D eigenvalue weighted by molar-refractivity contribution is 4.80. The molecule has 1 N–H and O–H groups in total. The van der Waals surface area contributed by atoms with E-state index in [1.807, 2.05) is 0 Å². The molecule has 15 heavy (non-hydrogen) atoms. The zero-order chi connectivity index (χ0) is 10.5. The van der Waals surface area contributed by atoms with Gasteiger partial charge in [0.05, 0.1) is 12.2 Å². The van der Waals surface area contributed by atoms with E-state index in [4.69, 9.17) is 4.74 Å². The van der Waals surface area contributed by atoms with Gasteiger partial charge in [0, 0.05) is 6.61 Å². The van der Waals surface area contributed by atoms with Crippen LogP contribution < -0.4 is 0 Å². The molecule has 2 nitrogen and oxygen atoms in total. The van der Waals surface area contributed by atoms with E-state index in [2.05, 4.69) is 0 Å². The zero-order valence-electron chi connectivity index (χ0n) is 9.66. The SMILES string of the molecule is OC(CCCCCC1CCCO1)C1CC1. The van der Waals surface area contributed by atoms with Crippen LogP contribution in [0.1, 0.15) is 57.8 Å². The number of rotatable bonds is 7. The number of aliphatic hydroxyl groups is 1. The molecule has 1 heterocycles.